The van der Waals surface area contributed by atoms with Gasteiger partial charge in [-0.2, -0.15) is 4.72 Å². The lowest BCUT2D eigenvalue weighted by molar-refractivity contribution is -0.118. The lowest BCUT2D eigenvalue weighted by Gasteiger charge is -2.18. The van der Waals surface area contributed by atoms with Crippen LogP contribution in [0, 0.1) is 13.8 Å². The van der Waals surface area contributed by atoms with Crippen LogP contribution in [0.2, 0.25) is 0 Å². The van der Waals surface area contributed by atoms with Gasteiger partial charge in [0, 0.05) is 12.2 Å². The minimum atomic E-state index is -3.63. The van der Waals surface area contributed by atoms with Gasteiger partial charge in [-0.05, 0) is 55.0 Å². The van der Waals surface area contributed by atoms with E-state index in [9.17, 15) is 13.2 Å². The number of sulfonamides is 1. The van der Waals surface area contributed by atoms with Gasteiger partial charge in [-0.25, -0.2) is 8.42 Å². The van der Waals surface area contributed by atoms with E-state index in [-0.39, 0.29) is 10.1 Å². The number of hydrogen-bond donors (Lipinski definition) is 1. The van der Waals surface area contributed by atoms with E-state index in [1.54, 1.807) is 16.3 Å². The zero-order valence-electron chi connectivity index (χ0n) is 12.9. The molecule has 1 fully saturated rings. The number of benzene rings is 1. The van der Waals surface area contributed by atoms with E-state index in [4.69, 9.17) is 0 Å². The number of rotatable bonds is 4. The van der Waals surface area contributed by atoms with Crippen LogP contribution in [0.1, 0.15) is 17.5 Å². The first kappa shape index (κ1) is 16.2. The van der Waals surface area contributed by atoms with Crippen LogP contribution in [0.15, 0.2) is 39.9 Å². The summed E-state index contributed by atoms with van der Waals surface area (Å²) >= 11 is 1.14. The lowest BCUT2D eigenvalue weighted by Crippen LogP contribution is -2.41. The van der Waals surface area contributed by atoms with Gasteiger partial charge in [-0.1, -0.05) is 12.1 Å². The number of nitrogens with one attached hydrogen (secondary N) is 1. The molecule has 1 N–H and O–H groups in total. The van der Waals surface area contributed by atoms with Gasteiger partial charge in [0.15, 0.2) is 0 Å². The predicted molar refractivity (Wildman–Crippen MR) is 91.3 cm³/mol. The van der Waals surface area contributed by atoms with Crippen LogP contribution in [0.25, 0.3) is 0 Å². The highest BCUT2D eigenvalue weighted by Gasteiger charge is 2.35. The molecule has 0 radical (unpaired) electrons. The number of nitrogens with zero attached hydrogens (tertiary/aromatic N) is 1. The molecule has 1 saturated heterocycles. The van der Waals surface area contributed by atoms with Crippen LogP contribution in [-0.2, 0) is 14.8 Å². The van der Waals surface area contributed by atoms with Crippen LogP contribution in [0.4, 0.5) is 5.69 Å². The number of aryl methyl sites for hydroxylation is 2. The number of hydrogen-bond acceptors (Lipinski definition) is 4. The molecular weight excluding hydrogens is 332 g/mol. The first-order chi connectivity index (χ1) is 10.9. The standard InChI is InChI=1S/C16H18N2O3S2/c1-11-5-6-13(10-12(11)2)18-8-7-14(16(18)19)17-23(20,21)15-4-3-9-22-15/h3-6,9-10,14,17H,7-8H2,1-2H3. The number of anilines is 1. The van der Waals surface area contributed by atoms with Crippen molar-refractivity contribution in [3.05, 3.63) is 46.8 Å². The van der Waals surface area contributed by atoms with Crippen LogP contribution >= 0.6 is 11.3 Å². The third kappa shape index (κ3) is 3.17. The van der Waals surface area contributed by atoms with E-state index >= 15 is 0 Å². The van der Waals surface area contributed by atoms with Gasteiger partial charge in [0.1, 0.15) is 10.3 Å². The van der Waals surface area contributed by atoms with Crippen LogP contribution in [0.5, 0.6) is 0 Å². The van der Waals surface area contributed by atoms with Gasteiger partial charge in [-0.15, -0.1) is 11.3 Å². The second-order valence-corrected chi connectivity index (χ2v) is 8.54. The van der Waals surface area contributed by atoms with Crippen molar-refractivity contribution < 1.29 is 13.2 Å². The summed E-state index contributed by atoms with van der Waals surface area (Å²) in [5.74, 6) is -0.201. The molecule has 2 aromatic rings. The SMILES string of the molecule is Cc1ccc(N2CCC(NS(=O)(=O)c3cccs3)C2=O)cc1C. The monoisotopic (exact) mass is 350 g/mol. The minimum Gasteiger partial charge on any atom is -0.311 e. The first-order valence-corrected chi connectivity index (χ1v) is 9.69. The molecule has 1 aromatic heterocycles. The third-order valence-corrected chi connectivity index (χ3v) is 6.93. The Morgan fingerprint density at radius 3 is 2.65 bits per heavy atom. The molecule has 2 heterocycles. The number of carbonyl (C=O) groups excluding carboxylic acids is 1. The summed E-state index contributed by atoms with van der Waals surface area (Å²) in [6, 6.07) is 8.34. The Morgan fingerprint density at radius 1 is 1.22 bits per heavy atom. The smallest absolute Gasteiger partial charge is 0.250 e. The molecule has 1 aliphatic rings. The average Bonchev–Trinajstić information content (AvgIpc) is 3.14. The van der Waals surface area contributed by atoms with Crippen molar-refractivity contribution in [1.82, 2.24) is 4.72 Å². The van der Waals surface area contributed by atoms with E-state index < -0.39 is 16.1 Å². The molecule has 0 saturated carbocycles. The van der Waals surface area contributed by atoms with Crippen LogP contribution in [-0.4, -0.2) is 26.9 Å². The van der Waals surface area contributed by atoms with E-state index in [0.717, 1.165) is 28.2 Å². The quantitative estimate of drug-likeness (QED) is 0.921. The van der Waals surface area contributed by atoms with Gasteiger partial charge < -0.3 is 4.90 Å². The topological polar surface area (TPSA) is 66.5 Å². The molecule has 23 heavy (non-hydrogen) atoms. The van der Waals surface area contributed by atoms with E-state index in [1.165, 1.54) is 6.07 Å². The van der Waals surface area contributed by atoms with Crippen molar-refractivity contribution in [2.45, 2.75) is 30.5 Å². The largest absolute Gasteiger partial charge is 0.311 e. The summed E-state index contributed by atoms with van der Waals surface area (Å²) in [7, 11) is -3.63. The van der Waals surface area contributed by atoms with Crippen molar-refractivity contribution in [1.29, 1.82) is 0 Å². The lowest BCUT2D eigenvalue weighted by atomic mass is 10.1. The van der Waals surface area contributed by atoms with Crippen molar-refractivity contribution >= 4 is 33.0 Å². The summed E-state index contributed by atoms with van der Waals surface area (Å²) in [5.41, 5.74) is 3.09. The number of thiophene rings is 1. The maximum atomic E-state index is 12.6. The Hall–Kier alpha value is -1.70. The molecule has 0 aliphatic carbocycles. The summed E-state index contributed by atoms with van der Waals surface area (Å²) < 4.78 is 27.3. The maximum absolute atomic E-state index is 12.6. The van der Waals surface area contributed by atoms with Gasteiger partial charge >= 0.3 is 0 Å². The Balaban J connectivity index is 1.78. The summed E-state index contributed by atoms with van der Waals surface area (Å²) in [6.45, 7) is 4.53. The van der Waals surface area contributed by atoms with E-state index in [1.807, 2.05) is 32.0 Å². The minimum absolute atomic E-state index is 0.201. The number of carbonyl (C=O) groups is 1. The molecule has 1 aliphatic heterocycles. The van der Waals surface area contributed by atoms with Crippen LogP contribution < -0.4 is 9.62 Å². The van der Waals surface area contributed by atoms with Crippen molar-refractivity contribution in [2.24, 2.45) is 0 Å². The molecule has 1 aromatic carbocycles. The van der Waals surface area contributed by atoms with Gasteiger partial charge in [0.05, 0.1) is 0 Å². The van der Waals surface area contributed by atoms with Crippen LogP contribution in [0.3, 0.4) is 0 Å². The fourth-order valence-corrected chi connectivity index (χ4v) is 4.83. The Morgan fingerprint density at radius 2 is 2.00 bits per heavy atom. The maximum Gasteiger partial charge on any atom is 0.250 e. The summed E-state index contributed by atoms with van der Waals surface area (Å²) in [6.07, 6.45) is 0.469. The molecule has 5 nitrogen and oxygen atoms in total. The highest BCUT2D eigenvalue weighted by molar-refractivity contribution is 7.91. The third-order valence-electron chi connectivity index (χ3n) is 4.07. The number of amides is 1. The average molecular weight is 350 g/mol. The molecule has 7 heteroatoms. The molecule has 3 rings (SSSR count). The first-order valence-electron chi connectivity index (χ1n) is 7.33. The molecule has 1 atom stereocenters. The highest BCUT2D eigenvalue weighted by atomic mass is 32.2. The molecule has 0 bridgehead atoms. The molecule has 122 valence electrons. The fourth-order valence-electron chi connectivity index (χ4n) is 2.60. The zero-order chi connectivity index (χ0) is 16.6. The van der Waals surface area contributed by atoms with E-state index in [0.29, 0.717) is 13.0 Å². The second-order valence-electron chi connectivity index (χ2n) is 5.65. The van der Waals surface area contributed by atoms with E-state index in [2.05, 4.69) is 4.72 Å². The molecule has 0 spiro atoms. The fraction of sp³-hybridized carbons (Fsp3) is 0.312. The van der Waals surface area contributed by atoms with Crippen molar-refractivity contribution in [3.8, 4) is 0 Å². The van der Waals surface area contributed by atoms with Gasteiger partial charge in [-0.3, -0.25) is 4.79 Å². The summed E-state index contributed by atoms with van der Waals surface area (Å²) in [5, 5.41) is 1.70. The second kappa shape index (κ2) is 6.07. The summed E-state index contributed by atoms with van der Waals surface area (Å²) in [4.78, 5) is 14.2. The molecule has 1 amide bonds. The molecular formula is C16H18N2O3S2. The van der Waals surface area contributed by atoms with Gasteiger partial charge in [0.2, 0.25) is 5.91 Å². The Labute approximate surface area is 140 Å². The van der Waals surface area contributed by atoms with Gasteiger partial charge in [0.25, 0.3) is 10.0 Å². The highest BCUT2D eigenvalue weighted by Crippen LogP contribution is 2.25. The van der Waals surface area contributed by atoms with Crippen molar-refractivity contribution in [3.63, 3.8) is 0 Å². The molecule has 1 unspecified atom stereocenters. The Kier molecular flexibility index (Phi) is 4.27. The normalized spacial score (nSPS) is 18.6. The Bertz CT molecular complexity index is 829. The van der Waals surface area contributed by atoms with Crippen molar-refractivity contribution in [2.75, 3.05) is 11.4 Å². The zero-order valence-corrected chi connectivity index (χ0v) is 14.6. The predicted octanol–water partition coefficient (Wildman–Crippen LogP) is 2.45.